The molecule has 1 aromatic carbocycles. The highest BCUT2D eigenvalue weighted by atomic mass is 35.5. The summed E-state index contributed by atoms with van der Waals surface area (Å²) in [6.45, 7) is 4.00. The first-order valence-corrected chi connectivity index (χ1v) is 7.43. The summed E-state index contributed by atoms with van der Waals surface area (Å²) >= 11 is 6.66. The molecular formula is C14H12ClNO4S. The number of carbonyl (C=O) groups is 1. The molecule has 0 spiro atoms. The van der Waals surface area contributed by atoms with Crippen LogP contribution in [0.15, 0.2) is 18.2 Å². The predicted octanol–water partition coefficient (Wildman–Crippen LogP) is 4.00. The molecule has 2 aromatic rings. The summed E-state index contributed by atoms with van der Waals surface area (Å²) in [5, 5.41) is 9.08. The number of rotatable bonds is 3. The predicted molar refractivity (Wildman–Crippen MR) is 79.0 cm³/mol. The lowest BCUT2D eigenvalue weighted by atomic mass is 10.0. The van der Waals surface area contributed by atoms with Crippen molar-refractivity contribution in [3.05, 3.63) is 33.8 Å². The minimum atomic E-state index is -1.12. The van der Waals surface area contributed by atoms with Gasteiger partial charge in [0.25, 0.3) is 5.19 Å². The van der Waals surface area contributed by atoms with Crippen molar-refractivity contribution in [1.29, 1.82) is 0 Å². The summed E-state index contributed by atoms with van der Waals surface area (Å²) in [7, 11) is 0. The van der Waals surface area contributed by atoms with Gasteiger partial charge in [-0.1, -0.05) is 35.1 Å². The van der Waals surface area contributed by atoms with Crippen molar-refractivity contribution in [2.24, 2.45) is 0 Å². The molecule has 0 unspecified atom stereocenters. The summed E-state index contributed by atoms with van der Waals surface area (Å²) in [4.78, 5) is 14.8. The molecule has 0 bridgehead atoms. The van der Waals surface area contributed by atoms with E-state index in [4.69, 9.17) is 26.2 Å². The van der Waals surface area contributed by atoms with Crippen molar-refractivity contribution in [2.75, 3.05) is 0 Å². The maximum Gasteiger partial charge on any atom is 0.349 e. The molecule has 0 fully saturated rings. The van der Waals surface area contributed by atoms with E-state index in [0.717, 1.165) is 23.3 Å². The Morgan fingerprint density at radius 3 is 2.95 bits per heavy atom. The standard InChI is InChI=1S/C14H12ClNO4S/c1-14(2)6-7-4-3-5-8(9(7)20-14)19-13-16-11(15)10(21-13)12(17)18/h3-5H,6H2,1-2H3,(H,17,18). The van der Waals surface area contributed by atoms with E-state index in [9.17, 15) is 4.79 Å². The van der Waals surface area contributed by atoms with Gasteiger partial charge in [-0.25, -0.2) is 4.79 Å². The Morgan fingerprint density at radius 1 is 1.52 bits per heavy atom. The third-order valence-corrected chi connectivity index (χ3v) is 4.32. The van der Waals surface area contributed by atoms with E-state index in [1.165, 1.54) is 0 Å². The minimum Gasteiger partial charge on any atom is -0.483 e. The number of aromatic nitrogens is 1. The van der Waals surface area contributed by atoms with Gasteiger partial charge < -0.3 is 14.6 Å². The number of thiazole rings is 1. The molecule has 2 heterocycles. The second kappa shape index (κ2) is 4.89. The molecule has 1 N–H and O–H groups in total. The summed E-state index contributed by atoms with van der Waals surface area (Å²) < 4.78 is 11.5. The number of fused-ring (bicyclic) bond motifs is 1. The lowest BCUT2D eigenvalue weighted by Crippen LogP contribution is -2.24. The average molecular weight is 326 g/mol. The first-order valence-electron chi connectivity index (χ1n) is 6.24. The molecule has 21 heavy (non-hydrogen) atoms. The maximum absolute atomic E-state index is 11.0. The number of ether oxygens (including phenoxy) is 2. The van der Waals surface area contributed by atoms with Crippen LogP contribution in [0.4, 0.5) is 0 Å². The molecule has 0 aliphatic carbocycles. The first kappa shape index (κ1) is 14.2. The molecule has 3 rings (SSSR count). The number of carboxylic acid groups (broad SMARTS) is 1. The zero-order chi connectivity index (χ0) is 15.2. The van der Waals surface area contributed by atoms with Crippen LogP contribution in [-0.2, 0) is 6.42 Å². The molecule has 0 amide bonds. The van der Waals surface area contributed by atoms with Gasteiger partial charge in [0, 0.05) is 12.0 Å². The molecule has 0 radical (unpaired) electrons. The van der Waals surface area contributed by atoms with Gasteiger partial charge in [0.05, 0.1) is 0 Å². The topological polar surface area (TPSA) is 68.7 Å². The van der Waals surface area contributed by atoms with Gasteiger partial charge in [0.15, 0.2) is 21.5 Å². The summed E-state index contributed by atoms with van der Waals surface area (Å²) in [5.74, 6) is 0.0640. The van der Waals surface area contributed by atoms with Crippen molar-refractivity contribution >= 4 is 28.9 Å². The molecule has 1 aliphatic rings. The van der Waals surface area contributed by atoms with Crippen LogP contribution in [0.2, 0.25) is 5.15 Å². The Hall–Kier alpha value is -1.79. The van der Waals surface area contributed by atoms with Crippen molar-refractivity contribution in [2.45, 2.75) is 25.9 Å². The second-order valence-corrected chi connectivity index (χ2v) is 6.61. The zero-order valence-electron chi connectivity index (χ0n) is 11.3. The molecule has 0 atom stereocenters. The molecule has 7 heteroatoms. The highest BCUT2D eigenvalue weighted by Crippen LogP contribution is 2.44. The van der Waals surface area contributed by atoms with Crippen molar-refractivity contribution in [1.82, 2.24) is 4.98 Å². The summed E-state index contributed by atoms with van der Waals surface area (Å²) in [6, 6.07) is 5.61. The Labute approximate surface area is 130 Å². The van der Waals surface area contributed by atoms with Crippen LogP contribution in [0.5, 0.6) is 16.7 Å². The highest BCUT2D eigenvalue weighted by molar-refractivity contribution is 7.15. The Morgan fingerprint density at radius 2 is 2.29 bits per heavy atom. The lowest BCUT2D eigenvalue weighted by molar-refractivity contribution is 0.0702. The molecule has 0 saturated heterocycles. The number of para-hydroxylation sites is 1. The quantitative estimate of drug-likeness (QED) is 0.923. The number of aromatic carboxylic acids is 1. The monoisotopic (exact) mass is 325 g/mol. The fourth-order valence-electron chi connectivity index (χ4n) is 2.22. The van der Waals surface area contributed by atoms with Gasteiger partial charge >= 0.3 is 5.97 Å². The third kappa shape index (κ3) is 2.69. The smallest absolute Gasteiger partial charge is 0.349 e. The third-order valence-electron chi connectivity index (χ3n) is 3.01. The molecule has 110 valence electrons. The van der Waals surface area contributed by atoms with E-state index in [2.05, 4.69) is 4.98 Å². The number of hydrogen-bond acceptors (Lipinski definition) is 5. The fraction of sp³-hybridized carbons (Fsp3) is 0.286. The van der Waals surface area contributed by atoms with E-state index in [0.29, 0.717) is 11.5 Å². The van der Waals surface area contributed by atoms with Gasteiger partial charge in [-0.3, -0.25) is 0 Å². The van der Waals surface area contributed by atoms with Crippen LogP contribution in [0.3, 0.4) is 0 Å². The maximum atomic E-state index is 11.0. The van der Waals surface area contributed by atoms with Crippen LogP contribution in [0.1, 0.15) is 29.1 Å². The highest BCUT2D eigenvalue weighted by Gasteiger charge is 2.32. The van der Waals surface area contributed by atoms with Crippen LogP contribution in [0.25, 0.3) is 0 Å². The van der Waals surface area contributed by atoms with Gasteiger partial charge in [-0.2, -0.15) is 4.98 Å². The number of carboxylic acids is 1. The van der Waals surface area contributed by atoms with Crippen LogP contribution in [-0.4, -0.2) is 21.7 Å². The lowest BCUT2D eigenvalue weighted by Gasteiger charge is -2.17. The molecule has 1 aromatic heterocycles. The number of halogens is 1. The van der Waals surface area contributed by atoms with E-state index < -0.39 is 5.97 Å². The minimum absolute atomic E-state index is 0.0412. The largest absolute Gasteiger partial charge is 0.483 e. The number of benzene rings is 1. The van der Waals surface area contributed by atoms with Gasteiger partial charge in [0.1, 0.15) is 5.60 Å². The number of nitrogens with zero attached hydrogens (tertiary/aromatic N) is 1. The van der Waals surface area contributed by atoms with E-state index in [1.54, 1.807) is 6.07 Å². The van der Waals surface area contributed by atoms with E-state index in [-0.39, 0.29) is 20.8 Å². The van der Waals surface area contributed by atoms with Crippen molar-refractivity contribution in [3.8, 4) is 16.7 Å². The Balaban J connectivity index is 1.92. The van der Waals surface area contributed by atoms with Crippen molar-refractivity contribution in [3.63, 3.8) is 0 Å². The second-order valence-electron chi connectivity index (χ2n) is 5.29. The van der Waals surface area contributed by atoms with E-state index in [1.807, 2.05) is 26.0 Å². The van der Waals surface area contributed by atoms with Crippen LogP contribution < -0.4 is 9.47 Å². The molecule has 1 aliphatic heterocycles. The molecular weight excluding hydrogens is 314 g/mol. The van der Waals surface area contributed by atoms with Gasteiger partial charge in [0.2, 0.25) is 0 Å². The number of hydrogen-bond donors (Lipinski definition) is 1. The SMILES string of the molecule is CC1(C)Cc2cccc(Oc3nc(Cl)c(C(=O)O)s3)c2O1. The fourth-order valence-corrected chi connectivity index (χ4v) is 3.20. The average Bonchev–Trinajstić information content (AvgIpc) is 2.88. The summed E-state index contributed by atoms with van der Waals surface area (Å²) in [5.41, 5.74) is 0.771. The van der Waals surface area contributed by atoms with Crippen LogP contribution >= 0.6 is 22.9 Å². The first-order chi connectivity index (χ1) is 9.85. The summed E-state index contributed by atoms with van der Waals surface area (Å²) in [6.07, 6.45) is 0.790. The van der Waals surface area contributed by atoms with E-state index >= 15 is 0 Å². The van der Waals surface area contributed by atoms with Crippen LogP contribution in [0, 0.1) is 0 Å². The van der Waals surface area contributed by atoms with Gasteiger partial charge in [-0.15, -0.1) is 0 Å². The van der Waals surface area contributed by atoms with Gasteiger partial charge in [-0.05, 0) is 19.9 Å². The Bertz CT molecular complexity index is 726. The Kier molecular flexibility index (Phi) is 3.30. The zero-order valence-corrected chi connectivity index (χ0v) is 12.9. The normalized spacial score (nSPS) is 15.4. The molecule has 5 nitrogen and oxygen atoms in total. The van der Waals surface area contributed by atoms with Crippen molar-refractivity contribution < 1.29 is 19.4 Å². The molecule has 0 saturated carbocycles.